The summed E-state index contributed by atoms with van der Waals surface area (Å²) < 4.78 is 15.3. The van der Waals surface area contributed by atoms with Gasteiger partial charge in [0, 0.05) is 30.4 Å². The molecule has 1 fully saturated rings. The fourth-order valence-electron chi connectivity index (χ4n) is 2.97. The van der Waals surface area contributed by atoms with Gasteiger partial charge in [-0.15, -0.1) is 0 Å². The number of hydrogen-bond donors (Lipinski definition) is 0. The Balaban J connectivity index is 1.54. The van der Waals surface area contributed by atoms with Crippen molar-refractivity contribution in [2.24, 2.45) is 0 Å². The third kappa shape index (κ3) is 3.39. The van der Waals surface area contributed by atoms with Gasteiger partial charge in [0.15, 0.2) is 0 Å². The van der Waals surface area contributed by atoms with Crippen molar-refractivity contribution in [1.29, 1.82) is 0 Å². The molecule has 6 heteroatoms. The molecule has 0 amide bonds. The zero-order valence-corrected chi connectivity index (χ0v) is 13.4. The van der Waals surface area contributed by atoms with Crippen molar-refractivity contribution in [3.63, 3.8) is 0 Å². The Morgan fingerprint density at radius 2 is 2.12 bits per heavy atom. The van der Waals surface area contributed by atoms with Crippen LogP contribution >= 0.6 is 0 Å². The van der Waals surface area contributed by atoms with Crippen LogP contribution in [0.5, 0.6) is 0 Å². The summed E-state index contributed by atoms with van der Waals surface area (Å²) in [6.07, 6.45) is 7.67. The van der Waals surface area contributed by atoms with Crippen molar-refractivity contribution in [1.82, 2.24) is 19.3 Å². The van der Waals surface area contributed by atoms with E-state index in [1.54, 1.807) is 6.20 Å². The maximum Gasteiger partial charge on any atom is 0.139 e. The lowest BCUT2D eigenvalue weighted by molar-refractivity contribution is -0.0934. The molecule has 3 heterocycles. The minimum Gasteiger partial charge on any atom is -0.376 e. The quantitative estimate of drug-likeness (QED) is 0.722. The average Bonchev–Trinajstić information content (AvgIpc) is 3.28. The van der Waals surface area contributed by atoms with Crippen LogP contribution in [0, 0.1) is 0 Å². The Hall–Kier alpha value is -2.44. The van der Waals surface area contributed by atoms with E-state index >= 15 is 0 Å². The molecular formula is C18H20N4O2. The summed E-state index contributed by atoms with van der Waals surface area (Å²) in [5, 5.41) is 4.26. The van der Waals surface area contributed by atoms with E-state index in [2.05, 4.69) is 38.9 Å². The predicted molar refractivity (Wildman–Crippen MR) is 89.6 cm³/mol. The molecule has 1 aliphatic rings. The van der Waals surface area contributed by atoms with Gasteiger partial charge in [-0.3, -0.25) is 4.68 Å². The Morgan fingerprint density at radius 1 is 1.12 bits per heavy atom. The lowest BCUT2D eigenvalue weighted by atomic mass is 10.1. The van der Waals surface area contributed by atoms with Gasteiger partial charge in [0.05, 0.1) is 39.0 Å². The van der Waals surface area contributed by atoms with Crippen LogP contribution in [0.3, 0.4) is 0 Å². The summed E-state index contributed by atoms with van der Waals surface area (Å²) in [6, 6.07) is 10.4. The van der Waals surface area contributed by atoms with Crippen molar-refractivity contribution in [3.05, 3.63) is 60.7 Å². The minimum absolute atomic E-state index is 0.0824. The number of imidazole rings is 1. The molecule has 6 nitrogen and oxygen atoms in total. The molecule has 3 aromatic rings. The molecule has 124 valence electrons. The van der Waals surface area contributed by atoms with Crippen molar-refractivity contribution in [2.45, 2.75) is 19.2 Å². The Labute approximate surface area is 140 Å². The summed E-state index contributed by atoms with van der Waals surface area (Å²) in [5.41, 5.74) is 2.30. The molecule has 0 N–H and O–H groups in total. The highest BCUT2D eigenvalue weighted by Crippen LogP contribution is 2.20. The average molecular weight is 324 g/mol. The Bertz CT molecular complexity index is 776. The van der Waals surface area contributed by atoms with Crippen LogP contribution in [-0.2, 0) is 22.6 Å². The van der Waals surface area contributed by atoms with Gasteiger partial charge < -0.3 is 14.0 Å². The first-order valence-electron chi connectivity index (χ1n) is 8.16. The summed E-state index contributed by atoms with van der Waals surface area (Å²) >= 11 is 0. The van der Waals surface area contributed by atoms with E-state index < -0.39 is 0 Å². The molecule has 0 aliphatic carbocycles. The van der Waals surface area contributed by atoms with Gasteiger partial charge in [0.1, 0.15) is 5.82 Å². The molecule has 0 saturated carbocycles. The maximum atomic E-state index is 5.75. The Kier molecular flexibility index (Phi) is 4.40. The number of aromatic nitrogens is 4. The van der Waals surface area contributed by atoms with Crippen molar-refractivity contribution in [3.8, 4) is 11.4 Å². The number of rotatable bonds is 5. The van der Waals surface area contributed by atoms with Gasteiger partial charge in [-0.2, -0.15) is 5.10 Å². The zero-order chi connectivity index (χ0) is 16.2. The third-order valence-electron chi connectivity index (χ3n) is 4.09. The number of benzene rings is 1. The molecule has 1 saturated heterocycles. The molecule has 4 rings (SSSR count). The van der Waals surface area contributed by atoms with Crippen LogP contribution in [0.15, 0.2) is 55.1 Å². The molecule has 0 bridgehead atoms. The normalized spacial score (nSPS) is 17.9. The van der Waals surface area contributed by atoms with Crippen molar-refractivity contribution < 1.29 is 9.47 Å². The number of ether oxygens (including phenoxy) is 2. The van der Waals surface area contributed by atoms with Crippen LogP contribution in [0.4, 0.5) is 0 Å². The van der Waals surface area contributed by atoms with E-state index in [-0.39, 0.29) is 6.10 Å². The SMILES string of the molecule is c1cc(Cn2cccn2)cc(-c2nccn2C[C@H]2COCCO2)c1. The van der Waals surface area contributed by atoms with Crippen LogP contribution in [0.2, 0.25) is 0 Å². The first kappa shape index (κ1) is 15.1. The molecule has 1 aromatic carbocycles. The van der Waals surface area contributed by atoms with Crippen LogP contribution < -0.4 is 0 Å². The second kappa shape index (κ2) is 6.98. The van der Waals surface area contributed by atoms with Gasteiger partial charge in [0.25, 0.3) is 0 Å². The summed E-state index contributed by atoms with van der Waals surface area (Å²) in [4.78, 5) is 4.53. The summed E-state index contributed by atoms with van der Waals surface area (Å²) in [7, 11) is 0. The first-order valence-corrected chi connectivity index (χ1v) is 8.16. The highest BCUT2D eigenvalue weighted by molar-refractivity contribution is 5.56. The third-order valence-corrected chi connectivity index (χ3v) is 4.09. The second-order valence-electron chi connectivity index (χ2n) is 5.87. The largest absolute Gasteiger partial charge is 0.376 e. The van der Waals surface area contributed by atoms with E-state index in [0.717, 1.165) is 24.5 Å². The highest BCUT2D eigenvalue weighted by Gasteiger charge is 2.17. The van der Waals surface area contributed by atoms with Gasteiger partial charge >= 0.3 is 0 Å². The van der Waals surface area contributed by atoms with Gasteiger partial charge in [0.2, 0.25) is 0 Å². The molecule has 2 aromatic heterocycles. The van der Waals surface area contributed by atoms with E-state index in [0.29, 0.717) is 19.8 Å². The molecule has 0 unspecified atom stereocenters. The van der Waals surface area contributed by atoms with Gasteiger partial charge in [-0.25, -0.2) is 4.98 Å². The van der Waals surface area contributed by atoms with Crippen LogP contribution in [0.1, 0.15) is 5.56 Å². The van der Waals surface area contributed by atoms with Gasteiger partial charge in [-0.05, 0) is 17.7 Å². The topological polar surface area (TPSA) is 54.1 Å². The minimum atomic E-state index is 0.0824. The van der Waals surface area contributed by atoms with Crippen LogP contribution in [-0.4, -0.2) is 45.3 Å². The molecule has 24 heavy (non-hydrogen) atoms. The van der Waals surface area contributed by atoms with E-state index in [1.807, 2.05) is 29.3 Å². The lowest BCUT2D eigenvalue weighted by Gasteiger charge is -2.24. The Morgan fingerprint density at radius 3 is 2.96 bits per heavy atom. The van der Waals surface area contributed by atoms with E-state index in [4.69, 9.17) is 9.47 Å². The fourth-order valence-corrected chi connectivity index (χ4v) is 2.97. The van der Waals surface area contributed by atoms with Crippen molar-refractivity contribution in [2.75, 3.05) is 19.8 Å². The molecule has 1 aliphatic heterocycles. The summed E-state index contributed by atoms with van der Waals surface area (Å²) in [6.45, 7) is 3.48. The zero-order valence-electron chi connectivity index (χ0n) is 13.4. The molecular weight excluding hydrogens is 304 g/mol. The second-order valence-corrected chi connectivity index (χ2v) is 5.87. The van der Waals surface area contributed by atoms with Crippen molar-refractivity contribution >= 4 is 0 Å². The number of hydrogen-bond acceptors (Lipinski definition) is 4. The lowest BCUT2D eigenvalue weighted by Crippen LogP contribution is -2.32. The molecule has 1 atom stereocenters. The monoisotopic (exact) mass is 324 g/mol. The maximum absolute atomic E-state index is 5.75. The van der Waals surface area contributed by atoms with Crippen LogP contribution in [0.25, 0.3) is 11.4 Å². The van der Waals surface area contributed by atoms with E-state index in [1.165, 1.54) is 5.56 Å². The van der Waals surface area contributed by atoms with E-state index in [9.17, 15) is 0 Å². The molecule has 0 radical (unpaired) electrons. The highest BCUT2D eigenvalue weighted by atomic mass is 16.6. The fraction of sp³-hybridized carbons (Fsp3) is 0.333. The van der Waals surface area contributed by atoms with Gasteiger partial charge in [-0.1, -0.05) is 18.2 Å². The first-order chi connectivity index (χ1) is 11.9. The summed E-state index contributed by atoms with van der Waals surface area (Å²) in [5.74, 6) is 0.950. The standard InChI is InChI=1S/C18H20N4O2/c1-3-15(12-22-7-2-5-20-22)11-16(4-1)18-19-6-8-21(18)13-17-14-23-9-10-24-17/h1-8,11,17H,9-10,12-14H2/t17-/m0/s1. The molecule has 0 spiro atoms. The smallest absolute Gasteiger partial charge is 0.139 e. The number of nitrogens with zero attached hydrogens (tertiary/aromatic N) is 4. The predicted octanol–water partition coefficient (Wildman–Crippen LogP) is 2.21.